The molecule has 1 saturated heterocycles. The Hall–Kier alpha value is -1.88. The number of carbonyl (C=O) groups is 2. The second-order valence-corrected chi connectivity index (χ2v) is 4.81. The van der Waals surface area contributed by atoms with Gasteiger partial charge in [-0.1, -0.05) is 18.2 Å². The highest BCUT2D eigenvalue weighted by Crippen LogP contribution is 2.10. The molecule has 0 aromatic heterocycles. The van der Waals surface area contributed by atoms with Crippen molar-refractivity contribution in [2.45, 2.75) is 12.5 Å². The second kappa shape index (κ2) is 5.84. The lowest BCUT2D eigenvalue weighted by Crippen LogP contribution is -2.40. The summed E-state index contributed by atoms with van der Waals surface area (Å²) in [5.74, 6) is -0.294. The number of likely N-dealkylation sites (N-methyl/N-ethyl adjacent to an activating group) is 1. The lowest BCUT2D eigenvalue weighted by molar-refractivity contribution is -0.131. The summed E-state index contributed by atoms with van der Waals surface area (Å²) in [7, 11) is 1.61. The number of hydrogen-bond acceptors (Lipinski definition) is 3. The molecule has 2 rings (SSSR count). The third-order valence-electron chi connectivity index (χ3n) is 3.26. The summed E-state index contributed by atoms with van der Waals surface area (Å²) in [5.41, 5.74) is 0.569. The zero-order valence-electron chi connectivity index (χ0n) is 11.0. The van der Waals surface area contributed by atoms with E-state index in [1.807, 2.05) is 6.07 Å². The topological polar surface area (TPSA) is 60.9 Å². The molecule has 1 unspecified atom stereocenters. The van der Waals surface area contributed by atoms with Crippen LogP contribution in [-0.2, 0) is 4.79 Å². The van der Waals surface area contributed by atoms with Crippen LogP contribution in [0, 0.1) is 0 Å². The molecule has 0 spiro atoms. The standard InChI is InChI=1S/C14H18N2O3/c1-15(14(19)11-5-3-2-4-6-11)10-13(18)16-8-7-12(17)9-16/h2-6,12,17H,7-10H2,1H3. The summed E-state index contributed by atoms with van der Waals surface area (Å²) in [4.78, 5) is 27.0. The highest BCUT2D eigenvalue weighted by atomic mass is 16.3. The van der Waals surface area contributed by atoms with Gasteiger partial charge in [0.25, 0.3) is 5.91 Å². The summed E-state index contributed by atoms with van der Waals surface area (Å²) < 4.78 is 0. The summed E-state index contributed by atoms with van der Waals surface area (Å²) >= 11 is 0. The number of likely N-dealkylation sites (tertiary alicyclic amines) is 1. The molecule has 19 heavy (non-hydrogen) atoms. The van der Waals surface area contributed by atoms with E-state index in [0.717, 1.165) is 0 Å². The zero-order valence-corrected chi connectivity index (χ0v) is 11.0. The smallest absolute Gasteiger partial charge is 0.254 e. The van der Waals surface area contributed by atoms with E-state index in [4.69, 9.17) is 0 Å². The van der Waals surface area contributed by atoms with E-state index < -0.39 is 6.10 Å². The maximum Gasteiger partial charge on any atom is 0.254 e. The molecule has 1 fully saturated rings. The molecule has 1 heterocycles. The second-order valence-electron chi connectivity index (χ2n) is 4.81. The van der Waals surface area contributed by atoms with E-state index >= 15 is 0 Å². The first-order valence-electron chi connectivity index (χ1n) is 6.34. The van der Waals surface area contributed by atoms with Crippen molar-refractivity contribution in [2.24, 2.45) is 0 Å². The maximum absolute atomic E-state index is 12.1. The van der Waals surface area contributed by atoms with E-state index in [1.54, 1.807) is 36.2 Å². The van der Waals surface area contributed by atoms with Gasteiger partial charge in [0.15, 0.2) is 0 Å². The molecule has 102 valence electrons. The number of rotatable bonds is 3. The number of amides is 2. The minimum absolute atomic E-state index is 0.0421. The van der Waals surface area contributed by atoms with Crippen LogP contribution in [0.2, 0.25) is 0 Å². The molecular weight excluding hydrogens is 244 g/mol. The Kier molecular flexibility index (Phi) is 4.16. The molecule has 5 heteroatoms. The molecule has 5 nitrogen and oxygen atoms in total. The van der Waals surface area contributed by atoms with Crippen LogP contribution >= 0.6 is 0 Å². The lowest BCUT2D eigenvalue weighted by Gasteiger charge is -2.21. The van der Waals surface area contributed by atoms with Crippen LogP contribution < -0.4 is 0 Å². The Balaban J connectivity index is 1.92. The van der Waals surface area contributed by atoms with Crippen LogP contribution in [-0.4, -0.2) is 59.5 Å². The van der Waals surface area contributed by atoms with E-state index in [2.05, 4.69) is 0 Å². The van der Waals surface area contributed by atoms with Crippen molar-refractivity contribution >= 4 is 11.8 Å². The Bertz CT molecular complexity index is 461. The normalized spacial score (nSPS) is 18.4. The molecule has 0 saturated carbocycles. The van der Waals surface area contributed by atoms with Crippen LogP contribution in [0.5, 0.6) is 0 Å². The van der Waals surface area contributed by atoms with E-state index in [9.17, 15) is 14.7 Å². The first kappa shape index (κ1) is 13.5. The van der Waals surface area contributed by atoms with Gasteiger partial charge in [-0.05, 0) is 18.6 Å². The van der Waals surface area contributed by atoms with Crippen molar-refractivity contribution in [3.05, 3.63) is 35.9 Å². The Morgan fingerprint density at radius 2 is 2.05 bits per heavy atom. The predicted molar refractivity (Wildman–Crippen MR) is 70.6 cm³/mol. The van der Waals surface area contributed by atoms with Gasteiger partial charge in [0, 0.05) is 25.7 Å². The SMILES string of the molecule is CN(CC(=O)N1CCC(O)C1)C(=O)c1ccccc1. The molecule has 1 atom stereocenters. The quantitative estimate of drug-likeness (QED) is 0.855. The molecule has 0 aliphatic carbocycles. The first-order chi connectivity index (χ1) is 9.08. The molecule has 0 bridgehead atoms. The van der Waals surface area contributed by atoms with Crippen LogP contribution in [0.25, 0.3) is 0 Å². The fraction of sp³-hybridized carbons (Fsp3) is 0.429. The number of nitrogens with zero attached hydrogens (tertiary/aromatic N) is 2. The zero-order chi connectivity index (χ0) is 13.8. The largest absolute Gasteiger partial charge is 0.391 e. The molecule has 1 aromatic carbocycles. The molecular formula is C14H18N2O3. The molecule has 2 amide bonds. The highest BCUT2D eigenvalue weighted by molar-refractivity contribution is 5.96. The van der Waals surface area contributed by atoms with Gasteiger partial charge in [-0.2, -0.15) is 0 Å². The van der Waals surface area contributed by atoms with Crippen molar-refractivity contribution < 1.29 is 14.7 Å². The molecule has 1 aromatic rings. The maximum atomic E-state index is 12.1. The van der Waals surface area contributed by atoms with Gasteiger partial charge in [0.05, 0.1) is 12.6 Å². The third kappa shape index (κ3) is 3.32. The number of aliphatic hydroxyl groups excluding tert-OH is 1. The average molecular weight is 262 g/mol. The van der Waals surface area contributed by atoms with Gasteiger partial charge in [0.2, 0.25) is 5.91 Å². The van der Waals surface area contributed by atoms with Crippen LogP contribution in [0.4, 0.5) is 0 Å². The molecule has 1 aliphatic rings. The summed E-state index contributed by atoms with van der Waals surface area (Å²) in [6.07, 6.45) is 0.182. The Labute approximate surface area is 112 Å². The monoisotopic (exact) mass is 262 g/mol. The highest BCUT2D eigenvalue weighted by Gasteiger charge is 2.26. The number of carbonyl (C=O) groups excluding carboxylic acids is 2. The first-order valence-corrected chi connectivity index (χ1v) is 6.34. The van der Waals surface area contributed by atoms with Gasteiger partial charge >= 0.3 is 0 Å². The summed E-state index contributed by atoms with van der Waals surface area (Å²) in [6, 6.07) is 8.87. The third-order valence-corrected chi connectivity index (χ3v) is 3.26. The van der Waals surface area contributed by atoms with Gasteiger partial charge in [-0.15, -0.1) is 0 Å². The summed E-state index contributed by atoms with van der Waals surface area (Å²) in [6.45, 7) is 0.972. The molecule has 1 N–H and O–H groups in total. The van der Waals surface area contributed by atoms with Crippen molar-refractivity contribution in [3.8, 4) is 0 Å². The van der Waals surface area contributed by atoms with Crippen molar-refractivity contribution in [1.29, 1.82) is 0 Å². The van der Waals surface area contributed by atoms with Crippen molar-refractivity contribution in [1.82, 2.24) is 9.80 Å². The van der Waals surface area contributed by atoms with Gasteiger partial charge in [0.1, 0.15) is 0 Å². The molecule has 1 aliphatic heterocycles. The van der Waals surface area contributed by atoms with Crippen LogP contribution in [0.1, 0.15) is 16.8 Å². The Morgan fingerprint density at radius 1 is 1.37 bits per heavy atom. The van der Waals surface area contributed by atoms with Crippen LogP contribution in [0.15, 0.2) is 30.3 Å². The predicted octanol–water partition coefficient (Wildman–Crippen LogP) is 0.352. The van der Waals surface area contributed by atoms with E-state index in [-0.39, 0.29) is 18.4 Å². The number of benzene rings is 1. The fourth-order valence-electron chi connectivity index (χ4n) is 2.14. The minimum Gasteiger partial charge on any atom is -0.391 e. The number of β-amino-alcohol motifs (C(OH)–C–C–N with tert-alkyl or cyclic N) is 1. The number of hydrogen-bond donors (Lipinski definition) is 1. The van der Waals surface area contributed by atoms with E-state index in [1.165, 1.54) is 4.90 Å². The minimum atomic E-state index is -0.431. The van der Waals surface area contributed by atoms with Crippen molar-refractivity contribution in [2.75, 3.05) is 26.7 Å². The average Bonchev–Trinajstić information content (AvgIpc) is 2.85. The van der Waals surface area contributed by atoms with E-state index in [0.29, 0.717) is 25.1 Å². The Morgan fingerprint density at radius 3 is 2.63 bits per heavy atom. The fourth-order valence-corrected chi connectivity index (χ4v) is 2.14. The summed E-state index contributed by atoms with van der Waals surface area (Å²) in [5, 5.41) is 9.40. The molecule has 0 radical (unpaired) electrons. The number of aliphatic hydroxyl groups is 1. The van der Waals surface area contributed by atoms with Crippen LogP contribution in [0.3, 0.4) is 0 Å². The lowest BCUT2D eigenvalue weighted by atomic mass is 10.2. The van der Waals surface area contributed by atoms with Gasteiger partial charge in [-0.25, -0.2) is 0 Å². The van der Waals surface area contributed by atoms with Gasteiger partial charge in [-0.3, -0.25) is 9.59 Å². The van der Waals surface area contributed by atoms with Crippen molar-refractivity contribution in [3.63, 3.8) is 0 Å². The van der Waals surface area contributed by atoms with Gasteiger partial charge < -0.3 is 14.9 Å².